The third kappa shape index (κ3) is 6.06. The standard InChI is InChI=1S/C26H29NO6/c1-18(2)23(27-24(29)20-13-8-9-14-21(20)25(27)30)26(31)32-16-10-4-7-15-22(28)33-17-19-11-5-3-6-12-19/h3,5-6,8-9,11-14,18,23H,4,7,10,15-17H2,1-2H3/t23-/m1/s1. The summed E-state index contributed by atoms with van der Waals surface area (Å²) in [6, 6.07) is 15.0. The third-order valence-electron chi connectivity index (χ3n) is 5.49. The van der Waals surface area contributed by atoms with Crippen molar-refractivity contribution >= 4 is 23.8 Å². The van der Waals surface area contributed by atoms with E-state index in [9.17, 15) is 19.2 Å². The molecule has 0 aromatic heterocycles. The number of carbonyl (C=O) groups excluding carboxylic acids is 4. The van der Waals surface area contributed by atoms with Crippen molar-refractivity contribution in [3.05, 3.63) is 71.3 Å². The maximum Gasteiger partial charge on any atom is 0.329 e. The van der Waals surface area contributed by atoms with Crippen molar-refractivity contribution in [2.45, 2.75) is 52.2 Å². The quantitative estimate of drug-likeness (QED) is 0.290. The van der Waals surface area contributed by atoms with Crippen molar-refractivity contribution in [1.29, 1.82) is 0 Å². The van der Waals surface area contributed by atoms with Gasteiger partial charge in [0.1, 0.15) is 12.6 Å². The summed E-state index contributed by atoms with van der Waals surface area (Å²) in [5, 5.41) is 0. The molecule has 33 heavy (non-hydrogen) atoms. The summed E-state index contributed by atoms with van der Waals surface area (Å²) < 4.78 is 10.6. The Balaban J connectivity index is 1.40. The van der Waals surface area contributed by atoms with Gasteiger partial charge in [-0.15, -0.1) is 0 Å². The Morgan fingerprint density at radius 3 is 2.03 bits per heavy atom. The molecule has 0 spiro atoms. The summed E-state index contributed by atoms with van der Waals surface area (Å²) in [4.78, 5) is 51.1. The number of ether oxygens (including phenoxy) is 2. The van der Waals surface area contributed by atoms with Gasteiger partial charge < -0.3 is 9.47 Å². The minimum Gasteiger partial charge on any atom is -0.464 e. The number of benzene rings is 2. The topological polar surface area (TPSA) is 90.0 Å². The number of nitrogens with zero attached hydrogens (tertiary/aromatic N) is 1. The molecule has 174 valence electrons. The fraction of sp³-hybridized carbons (Fsp3) is 0.385. The second-order valence-electron chi connectivity index (χ2n) is 8.34. The monoisotopic (exact) mass is 451 g/mol. The molecule has 0 bridgehead atoms. The Kier molecular flexibility index (Phi) is 8.35. The van der Waals surface area contributed by atoms with Gasteiger partial charge in [-0.3, -0.25) is 19.3 Å². The first kappa shape index (κ1) is 24.2. The second kappa shape index (κ2) is 11.4. The Labute approximate surface area is 193 Å². The van der Waals surface area contributed by atoms with Crippen LogP contribution >= 0.6 is 0 Å². The first-order valence-electron chi connectivity index (χ1n) is 11.2. The Morgan fingerprint density at radius 2 is 1.42 bits per heavy atom. The van der Waals surface area contributed by atoms with Gasteiger partial charge in [-0.05, 0) is 42.9 Å². The zero-order valence-corrected chi connectivity index (χ0v) is 19.0. The molecule has 0 radical (unpaired) electrons. The van der Waals surface area contributed by atoms with Gasteiger partial charge in [0, 0.05) is 6.42 Å². The van der Waals surface area contributed by atoms with Crippen LogP contribution in [-0.4, -0.2) is 41.3 Å². The van der Waals surface area contributed by atoms with E-state index < -0.39 is 23.8 Å². The number of unbranched alkanes of at least 4 members (excludes halogenated alkanes) is 2. The van der Waals surface area contributed by atoms with E-state index in [1.165, 1.54) is 0 Å². The SMILES string of the molecule is CC(C)[C@H](C(=O)OCCCCCC(=O)OCc1ccccc1)N1C(=O)c2ccccc2C1=O. The first-order valence-corrected chi connectivity index (χ1v) is 11.2. The van der Waals surface area contributed by atoms with Crippen molar-refractivity contribution in [3.63, 3.8) is 0 Å². The van der Waals surface area contributed by atoms with Crippen molar-refractivity contribution < 1.29 is 28.7 Å². The van der Waals surface area contributed by atoms with Crippen molar-refractivity contribution in [1.82, 2.24) is 4.90 Å². The van der Waals surface area contributed by atoms with Crippen LogP contribution in [0.25, 0.3) is 0 Å². The molecule has 1 heterocycles. The van der Waals surface area contributed by atoms with Gasteiger partial charge in [0.05, 0.1) is 17.7 Å². The van der Waals surface area contributed by atoms with Gasteiger partial charge >= 0.3 is 11.9 Å². The Bertz CT molecular complexity index is 966. The fourth-order valence-electron chi connectivity index (χ4n) is 3.75. The van der Waals surface area contributed by atoms with Crippen LogP contribution < -0.4 is 0 Å². The zero-order chi connectivity index (χ0) is 23.8. The number of hydrogen-bond donors (Lipinski definition) is 0. The lowest BCUT2D eigenvalue weighted by atomic mass is 10.0. The van der Waals surface area contributed by atoms with Gasteiger partial charge in [-0.25, -0.2) is 4.79 Å². The minimum absolute atomic E-state index is 0.157. The largest absolute Gasteiger partial charge is 0.464 e. The van der Waals surface area contributed by atoms with Gasteiger partial charge in [-0.2, -0.15) is 0 Å². The van der Waals surface area contributed by atoms with Gasteiger partial charge in [-0.1, -0.05) is 56.3 Å². The van der Waals surface area contributed by atoms with E-state index in [2.05, 4.69) is 0 Å². The molecule has 7 nitrogen and oxygen atoms in total. The maximum absolute atomic E-state index is 12.7. The highest BCUT2D eigenvalue weighted by Crippen LogP contribution is 2.27. The summed E-state index contributed by atoms with van der Waals surface area (Å²) in [6.45, 7) is 3.96. The summed E-state index contributed by atoms with van der Waals surface area (Å²) in [6.07, 6.45) is 2.18. The smallest absolute Gasteiger partial charge is 0.329 e. The van der Waals surface area contributed by atoms with Gasteiger partial charge in [0.15, 0.2) is 0 Å². The predicted molar refractivity (Wildman–Crippen MR) is 121 cm³/mol. The van der Waals surface area contributed by atoms with Crippen LogP contribution in [-0.2, 0) is 25.7 Å². The number of rotatable bonds is 11. The number of fused-ring (bicyclic) bond motifs is 1. The number of esters is 2. The third-order valence-corrected chi connectivity index (χ3v) is 5.49. The molecule has 1 aliphatic rings. The Morgan fingerprint density at radius 1 is 0.818 bits per heavy atom. The Hall–Kier alpha value is -3.48. The van der Waals surface area contributed by atoms with Crippen molar-refractivity contribution in [2.24, 2.45) is 5.92 Å². The predicted octanol–water partition coefficient (Wildman–Crippen LogP) is 4.15. The number of imide groups is 1. The lowest BCUT2D eigenvalue weighted by Crippen LogP contribution is -2.48. The number of amides is 2. The van der Waals surface area contributed by atoms with Gasteiger partial charge in [0.25, 0.3) is 11.8 Å². The van der Waals surface area contributed by atoms with Crippen LogP contribution in [0.15, 0.2) is 54.6 Å². The summed E-state index contributed by atoms with van der Waals surface area (Å²) >= 11 is 0. The van der Waals surface area contributed by atoms with E-state index in [0.717, 1.165) is 10.5 Å². The van der Waals surface area contributed by atoms with Crippen LogP contribution in [0.3, 0.4) is 0 Å². The van der Waals surface area contributed by atoms with Crippen molar-refractivity contribution in [2.75, 3.05) is 6.61 Å². The second-order valence-corrected chi connectivity index (χ2v) is 8.34. The zero-order valence-electron chi connectivity index (χ0n) is 19.0. The maximum atomic E-state index is 12.7. The average Bonchev–Trinajstić information content (AvgIpc) is 3.06. The van der Waals surface area contributed by atoms with Gasteiger partial charge in [0.2, 0.25) is 0 Å². The van der Waals surface area contributed by atoms with E-state index in [0.29, 0.717) is 36.8 Å². The van der Waals surface area contributed by atoms with E-state index in [4.69, 9.17) is 9.47 Å². The summed E-state index contributed by atoms with van der Waals surface area (Å²) in [5.41, 5.74) is 1.55. The number of hydrogen-bond acceptors (Lipinski definition) is 6. The molecule has 1 aliphatic heterocycles. The molecule has 2 aromatic rings. The van der Waals surface area contributed by atoms with E-state index in [-0.39, 0.29) is 25.1 Å². The molecule has 2 aromatic carbocycles. The first-order chi connectivity index (χ1) is 15.9. The lowest BCUT2D eigenvalue weighted by Gasteiger charge is -2.27. The molecule has 2 amide bonds. The van der Waals surface area contributed by atoms with Crippen LogP contribution in [0.2, 0.25) is 0 Å². The lowest BCUT2D eigenvalue weighted by molar-refractivity contribution is -0.150. The molecule has 0 saturated carbocycles. The molecule has 0 unspecified atom stereocenters. The fourth-order valence-corrected chi connectivity index (χ4v) is 3.75. The van der Waals surface area contributed by atoms with Crippen LogP contribution in [0, 0.1) is 5.92 Å². The van der Waals surface area contributed by atoms with E-state index in [1.807, 2.05) is 30.3 Å². The van der Waals surface area contributed by atoms with E-state index >= 15 is 0 Å². The number of carbonyl (C=O) groups is 4. The molecule has 1 atom stereocenters. The summed E-state index contributed by atoms with van der Waals surface area (Å²) in [5.74, 6) is -2.09. The van der Waals surface area contributed by atoms with Crippen molar-refractivity contribution in [3.8, 4) is 0 Å². The van der Waals surface area contributed by atoms with Crippen LogP contribution in [0.1, 0.15) is 65.8 Å². The highest BCUT2D eigenvalue weighted by atomic mass is 16.5. The molecule has 3 rings (SSSR count). The summed E-state index contributed by atoms with van der Waals surface area (Å²) in [7, 11) is 0. The van der Waals surface area contributed by atoms with E-state index in [1.54, 1.807) is 38.1 Å². The highest BCUT2D eigenvalue weighted by Gasteiger charge is 2.44. The highest BCUT2D eigenvalue weighted by molar-refractivity contribution is 6.22. The molecule has 0 fully saturated rings. The molecular weight excluding hydrogens is 422 g/mol. The molecule has 7 heteroatoms. The molecule has 0 N–H and O–H groups in total. The molecular formula is C26H29NO6. The van der Waals surface area contributed by atoms with Crippen LogP contribution in [0.4, 0.5) is 0 Å². The molecule has 0 saturated heterocycles. The minimum atomic E-state index is -0.981. The normalized spacial score (nSPS) is 13.7. The average molecular weight is 452 g/mol. The molecule has 0 aliphatic carbocycles. The van der Waals surface area contributed by atoms with Crippen LogP contribution in [0.5, 0.6) is 0 Å².